The van der Waals surface area contributed by atoms with E-state index in [2.05, 4.69) is 54.0 Å². The second kappa shape index (κ2) is 6.21. The van der Waals surface area contributed by atoms with Crippen LogP contribution < -0.4 is 11.3 Å². The van der Waals surface area contributed by atoms with E-state index in [0.29, 0.717) is 12.0 Å². The molecule has 2 aromatic carbocycles. The molecule has 2 nitrogen and oxygen atoms in total. The third-order valence-corrected chi connectivity index (χ3v) is 4.43. The first-order chi connectivity index (χ1) is 9.88. The molecule has 0 spiro atoms. The molecule has 3 rings (SSSR count). The molecule has 104 valence electrons. The zero-order valence-electron chi connectivity index (χ0n) is 11.8. The highest BCUT2D eigenvalue weighted by atomic mass is 15.2. The first-order valence-corrected chi connectivity index (χ1v) is 7.50. The maximum Gasteiger partial charge on any atom is 0.0488 e. The van der Waals surface area contributed by atoms with Crippen LogP contribution in [-0.2, 0) is 0 Å². The van der Waals surface area contributed by atoms with Crippen LogP contribution in [0.2, 0.25) is 0 Å². The average Bonchev–Trinajstić information content (AvgIpc) is 3.04. The highest BCUT2D eigenvalue weighted by molar-refractivity contribution is 5.63. The van der Waals surface area contributed by atoms with Gasteiger partial charge < -0.3 is 0 Å². The molecule has 0 amide bonds. The smallest absolute Gasteiger partial charge is 0.0488 e. The number of benzene rings is 2. The molecule has 0 aliphatic heterocycles. The molecular weight excluding hydrogens is 244 g/mol. The lowest BCUT2D eigenvalue weighted by Gasteiger charge is -2.23. The van der Waals surface area contributed by atoms with Crippen LogP contribution in [0.15, 0.2) is 54.6 Å². The van der Waals surface area contributed by atoms with Gasteiger partial charge >= 0.3 is 0 Å². The highest BCUT2D eigenvalue weighted by Crippen LogP contribution is 2.35. The number of nitrogens with two attached hydrogens (primary N) is 1. The maximum atomic E-state index is 5.78. The summed E-state index contributed by atoms with van der Waals surface area (Å²) in [4.78, 5) is 0. The molecule has 1 atom stereocenters. The van der Waals surface area contributed by atoms with Crippen LogP contribution in [0.25, 0.3) is 11.1 Å². The predicted octanol–water partition coefficient (Wildman–Crippen LogP) is 4.05. The van der Waals surface area contributed by atoms with Crippen LogP contribution >= 0.6 is 0 Å². The van der Waals surface area contributed by atoms with Gasteiger partial charge in [0.05, 0.1) is 0 Å². The van der Waals surface area contributed by atoms with E-state index in [1.165, 1.54) is 42.4 Å². The number of rotatable bonds is 4. The topological polar surface area (TPSA) is 38.0 Å². The van der Waals surface area contributed by atoms with Gasteiger partial charge in [-0.1, -0.05) is 67.4 Å². The molecule has 0 saturated heterocycles. The number of hydrazine groups is 1. The highest BCUT2D eigenvalue weighted by Gasteiger charge is 2.25. The van der Waals surface area contributed by atoms with E-state index in [1.54, 1.807) is 0 Å². The number of hydrogen-bond acceptors (Lipinski definition) is 2. The summed E-state index contributed by atoms with van der Waals surface area (Å²) in [6.45, 7) is 0. The van der Waals surface area contributed by atoms with E-state index in [9.17, 15) is 0 Å². The third kappa shape index (κ3) is 2.77. The lowest BCUT2D eigenvalue weighted by Crippen LogP contribution is -2.32. The Bertz CT molecular complexity index is 527. The fourth-order valence-electron chi connectivity index (χ4n) is 3.31. The Morgan fingerprint density at radius 2 is 1.45 bits per heavy atom. The van der Waals surface area contributed by atoms with E-state index in [0.717, 1.165) is 0 Å². The summed E-state index contributed by atoms with van der Waals surface area (Å²) in [5.41, 5.74) is 6.85. The summed E-state index contributed by atoms with van der Waals surface area (Å²) in [5, 5.41) is 0. The minimum Gasteiger partial charge on any atom is -0.271 e. The van der Waals surface area contributed by atoms with Gasteiger partial charge in [0.25, 0.3) is 0 Å². The van der Waals surface area contributed by atoms with E-state index < -0.39 is 0 Å². The molecule has 2 aromatic rings. The summed E-state index contributed by atoms with van der Waals surface area (Å²) < 4.78 is 0. The summed E-state index contributed by atoms with van der Waals surface area (Å²) in [7, 11) is 0. The Hall–Kier alpha value is -1.64. The molecule has 0 radical (unpaired) electrons. The normalized spacial score (nSPS) is 17.2. The zero-order valence-corrected chi connectivity index (χ0v) is 11.8. The van der Waals surface area contributed by atoms with Crippen molar-refractivity contribution in [2.75, 3.05) is 0 Å². The molecule has 0 bridgehead atoms. The van der Waals surface area contributed by atoms with Gasteiger partial charge in [-0.05, 0) is 35.4 Å². The average molecular weight is 266 g/mol. The van der Waals surface area contributed by atoms with Gasteiger partial charge in [-0.25, -0.2) is 0 Å². The molecule has 1 saturated carbocycles. The summed E-state index contributed by atoms with van der Waals surface area (Å²) in [5.74, 6) is 6.47. The van der Waals surface area contributed by atoms with Crippen molar-refractivity contribution in [1.29, 1.82) is 0 Å². The van der Waals surface area contributed by atoms with Crippen molar-refractivity contribution in [2.45, 2.75) is 31.7 Å². The summed E-state index contributed by atoms with van der Waals surface area (Å²) in [6.07, 6.45) is 5.25. The maximum absolute atomic E-state index is 5.78. The van der Waals surface area contributed by atoms with E-state index in [4.69, 9.17) is 5.84 Å². The first-order valence-electron chi connectivity index (χ1n) is 7.50. The van der Waals surface area contributed by atoms with Crippen LogP contribution in [-0.4, -0.2) is 0 Å². The lowest BCUT2D eigenvalue weighted by atomic mass is 9.91. The van der Waals surface area contributed by atoms with Crippen LogP contribution in [0.5, 0.6) is 0 Å². The van der Waals surface area contributed by atoms with Gasteiger partial charge in [-0.15, -0.1) is 0 Å². The van der Waals surface area contributed by atoms with Gasteiger partial charge in [-0.2, -0.15) is 0 Å². The van der Waals surface area contributed by atoms with Crippen LogP contribution in [0.1, 0.15) is 37.3 Å². The first kappa shape index (κ1) is 13.3. The minimum absolute atomic E-state index is 0.294. The fourth-order valence-corrected chi connectivity index (χ4v) is 3.31. The molecule has 1 fully saturated rings. The van der Waals surface area contributed by atoms with E-state index in [1.807, 2.05) is 6.07 Å². The zero-order chi connectivity index (χ0) is 13.8. The fraction of sp³-hybridized carbons (Fsp3) is 0.333. The molecule has 20 heavy (non-hydrogen) atoms. The molecule has 3 N–H and O–H groups in total. The Kier molecular flexibility index (Phi) is 4.14. The van der Waals surface area contributed by atoms with Crippen LogP contribution in [0.3, 0.4) is 0 Å². The molecule has 1 aliphatic rings. The standard InChI is InChI=1S/C18H22N2/c19-20-18(16-8-4-5-9-16)17-12-10-15(11-13-17)14-6-2-1-3-7-14/h1-3,6-7,10-13,16,18,20H,4-5,8-9,19H2. The summed E-state index contributed by atoms with van der Waals surface area (Å²) in [6, 6.07) is 19.6. The van der Waals surface area contributed by atoms with Crippen molar-refractivity contribution in [3.05, 3.63) is 60.2 Å². The van der Waals surface area contributed by atoms with Crippen molar-refractivity contribution in [2.24, 2.45) is 11.8 Å². The Labute approximate surface area is 121 Å². The number of hydrogen-bond donors (Lipinski definition) is 2. The molecule has 2 heteroatoms. The van der Waals surface area contributed by atoms with Crippen molar-refractivity contribution in [1.82, 2.24) is 5.43 Å². The van der Waals surface area contributed by atoms with Crippen LogP contribution in [0, 0.1) is 5.92 Å². The number of nitrogens with one attached hydrogen (secondary N) is 1. The quantitative estimate of drug-likeness (QED) is 0.647. The van der Waals surface area contributed by atoms with Crippen molar-refractivity contribution in [3.8, 4) is 11.1 Å². The molecule has 0 aromatic heterocycles. The molecule has 1 aliphatic carbocycles. The minimum atomic E-state index is 0.294. The van der Waals surface area contributed by atoms with Gasteiger partial charge in [0.2, 0.25) is 0 Å². The van der Waals surface area contributed by atoms with Gasteiger partial charge in [0.15, 0.2) is 0 Å². The monoisotopic (exact) mass is 266 g/mol. The van der Waals surface area contributed by atoms with Gasteiger partial charge in [0, 0.05) is 6.04 Å². The largest absolute Gasteiger partial charge is 0.271 e. The molecular formula is C18H22N2. The SMILES string of the molecule is NNC(c1ccc(-c2ccccc2)cc1)C1CCCC1. The van der Waals surface area contributed by atoms with Crippen molar-refractivity contribution >= 4 is 0 Å². The van der Waals surface area contributed by atoms with E-state index in [-0.39, 0.29) is 0 Å². The second-order valence-electron chi connectivity index (χ2n) is 5.68. The second-order valence-corrected chi connectivity index (χ2v) is 5.68. The van der Waals surface area contributed by atoms with Gasteiger partial charge in [0.1, 0.15) is 0 Å². The predicted molar refractivity (Wildman–Crippen MR) is 83.9 cm³/mol. The molecule has 0 heterocycles. The Balaban J connectivity index is 1.81. The van der Waals surface area contributed by atoms with Gasteiger partial charge in [-0.3, -0.25) is 11.3 Å². The van der Waals surface area contributed by atoms with Crippen molar-refractivity contribution < 1.29 is 0 Å². The lowest BCUT2D eigenvalue weighted by molar-refractivity contribution is 0.373. The Morgan fingerprint density at radius 1 is 0.850 bits per heavy atom. The van der Waals surface area contributed by atoms with Crippen LogP contribution in [0.4, 0.5) is 0 Å². The third-order valence-electron chi connectivity index (χ3n) is 4.43. The Morgan fingerprint density at radius 3 is 2.05 bits per heavy atom. The molecule has 1 unspecified atom stereocenters. The van der Waals surface area contributed by atoms with E-state index >= 15 is 0 Å². The summed E-state index contributed by atoms with van der Waals surface area (Å²) >= 11 is 0. The van der Waals surface area contributed by atoms with Crippen molar-refractivity contribution in [3.63, 3.8) is 0 Å².